The molecule has 1 heterocycles. The third-order valence-corrected chi connectivity index (χ3v) is 4.81. The van der Waals surface area contributed by atoms with Crippen LogP contribution in [0.15, 0.2) is 0 Å². The highest BCUT2D eigenvalue weighted by Crippen LogP contribution is 2.23. The van der Waals surface area contributed by atoms with Crippen molar-refractivity contribution in [1.82, 2.24) is 4.72 Å². The van der Waals surface area contributed by atoms with Gasteiger partial charge in [-0.15, -0.1) is 0 Å². The van der Waals surface area contributed by atoms with Crippen molar-refractivity contribution in [1.29, 1.82) is 0 Å². The summed E-state index contributed by atoms with van der Waals surface area (Å²) in [7, 11) is -3.50. The average molecular weight is 228 g/mol. The molecule has 0 spiro atoms. The summed E-state index contributed by atoms with van der Waals surface area (Å²) in [5, 5.41) is 5.17. The second-order valence-electron chi connectivity index (χ2n) is 2.46. The van der Waals surface area contributed by atoms with E-state index in [1.165, 1.54) is 0 Å². The Hall–Kier alpha value is 0.570. The van der Waals surface area contributed by atoms with E-state index < -0.39 is 10.2 Å². The Morgan fingerprint density at radius 1 is 1.50 bits per heavy atom. The van der Waals surface area contributed by atoms with Gasteiger partial charge in [0.25, 0.3) is 10.2 Å². The lowest BCUT2D eigenvalue weighted by atomic mass is 10.5. The Kier molecular flexibility index (Phi) is 4.18. The van der Waals surface area contributed by atoms with Crippen LogP contribution < -0.4 is 9.86 Å². The average Bonchev–Trinajstić information content (AvgIpc) is 2.02. The molecule has 72 valence electrons. The van der Waals surface area contributed by atoms with E-state index in [2.05, 4.69) is 4.72 Å². The van der Waals surface area contributed by atoms with Gasteiger partial charge in [-0.25, -0.2) is 9.86 Å². The molecule has 0 amide bonds. The second kappa shape index (κ2) is 4.71. The summed E-state index contributed by atoms with van der Waals surface area (Å²) in [6, 6.07) is 0. The highest BCUT2D eigenvalue weighted by molar-refractivity contribution is 8.06. The molecule has 1 atom stereocenters. The molecule has 7 heteroatoms. The first-order valence-corrected chi connectivity index (χ1v) is 7.29. The fourth-order valence-electron chi connectivity index (χ4n) is 0.864. The van der Waals surface area contributed by atoms with Crippen LogP contribution in [0.4, 0.5) is 0 Å². The molecule has 1 rings (SSSR count). The first kappa shape index (κ1) is 10.6. The lowest BCUT2D eigenvalue weighted by molar-refractivity contribution is 0.583. The zero-order chi connectivity index (χ0) is 9.03. The van der Waals surface area contributed by atoms with Crippen LogP contribution >= 0.6 is 23.5 Å². The van der Waals surface area contributed by atoms with Crippen molar-refractivity contribution in [2.45, 2.75) is 5.25 Å². The summed E-state index contributed by atoms with van der Waals surface area (Å²) in [5.41, 5.74) is 0. The van der Waals surface area contributed by atoms with Crippen LogP contribution in [0.25, 0.3) is 0 Å². The molecule has 12 heavy (non-hydrogen) atoms. The number of hydrogen-bond donors (Lipinski definition) is 2. The van der Waals surface area contributed by atoms with Crippen molar-refractivity contribution in [2.75, 3.05) is 23.8 Å². The van der Waals surface area contributed by atoms with Crippen LogP contribution in [0.5, 0.6) is 0 Å². The minimum atomic E-state index is -3.50. The first-order chi connectivity index (χ1) is 5.58. The van der Waals surface area contributed by atoms with Crippen LogP contribution in [0.1, 0.15) is 0 Å². The molecule has 0 saturated carbocycles. The zero-order valence-corrected chi connectivity index (χ0v) is 8.97. The van der Waals surface area contributed by atoms with E-state index in [1.54, 1.807) is 11.8 Å². The summed E-state index contributed by atoms with van der Waals surface area (Å²) in [4.78, 5) is 0. The van der Waals surface area contributed by atoms with Gasteiger partial charge in [0.2, 0.25) is 0 Å². The quantitative estimate of drug-likeness (QED) is 0.691. The third-order valence-electron chi connectivity index (χ3n) is 1.40. The Balaban J connectivity index is 2.22. The number of nitrogens with one attached hydrogen (secondary N) is 1. The largest absolute Gasteiger partial charge is 0.274 e. The van der Waals surface area contributed by atoms with Gasteiger partial charge < -0.3 is 0 Å². The van der Waals surface area contributed by atoms with E-state index in [0.717, 1.165) is 17.3 Å². The standard InChI is InChI=1S/C5H12N2O2S3/c6-12(8,9)7-3-5-4-10-1-2-11-5/h5,7H,1-4H2,(H2,6,8,9). The fourth-order valence-corrected chi connectivity index (χ4v) is 4.01. The Morgan fingerprint density at radius 2 is 2.25 bits per heavy atom. The molecular formula is C5H12N2O2S3. The number of rotatable bonds is 3. The van der Waals surface area contributed by atoms with Crippen LogP contribution in [0.3, 0.4) is 0 Å². The summed E-state index contributed by atoms with van der Waals surface area (Å²) < 4.78 is 23.4. The van der Waals surface area contributed by atoms with Crippen molar-refractivity contribution < 1.29 is 8.42 Å². The van der Waals surface area contributed by atoms with Crippen LogP contribution in [-0.4, -0.2) is 37.5 Å². The predicted octanol–water partition coefficient (Wildman–Crippen LogP) is -0.372. The van der Waals surface area contributed by atoms with E-state index >= 15 is 0 Å². The molecule has 1 aliphatic rings. The van der Waals surface area contributed by atoms with Gasteiger partial charge in [0.05, 0.1) is 0 Å². The molecule has 1 aliphatic heterocycles. The molecule has 0 aromatic heterocycles. The Bertz CT molecular complexity index is 223. The summed E-state index contributed by atoms with van der Waals surface area (Å²) in [6.45, 7) is 0.455. The van der Waals surface area contributed by atoms with Crippen molar-refractivity contribution in [2.24, 2.45) is 5.14 Å². The number of nitrogens with two attached hydrogens (primary N) is 1. The van der Waals surface area contributed by atoms with Crippen LogP contribution in [-0.2, 0) is 10.2 Å². The van der Waals surface area contributed by atoms with Gasteiger partial charge in [0.15, 0.2) is 0 Å². The lowest BCUT2D eigenvalue weighted by Crippen LogP contribution is -2.37. The van der Waals surface area contributed by atoms with Crippen LogP contribution in [0.2, 0.25) is 0 Å². The molecule has 0 aromatic rings. The minimum Gasteiger partial charge on any atom is -0.216 e. The first-order valence-electron chi connectivity index (χ1n) is 3.54. The normalized spacial score (nSPS) is 25.6. The van der Waals surface area contributed by atoms with Crippen molar-refractivity contribution in [3.8, 4) is 0 Å². The summed E-state index contributed by atoms with van der Waals surface area (Å²) in [5.74, 6) is 3.27. The third kappa shape index (κ3) is 4.56. The zero-order valence-electron chi connectivity index (χ0n) is 6.52. The van der Waals surface area contributed by atoms with E-state index in [4.69, 9.17) is 5.14 Å². The molecular weight excluding hydrogens is 216 g/mol. The topological polar surface area (TPSA) is 72.2 Å². The van der Waals surface area contributed by atoms with E-state index in [0.29, 0.717) is 11.8 Å². The molecule has 0 radical (unpaired) electrons. The molecule has 0 aliphatic carbocycles. The highest BCUT2D eigenvalue weighted by Gasteiger charge is 2.15. The van der Waals surface area contributed by atoms with E-state index in [9.17, 15) is 8.42 Å². The molecule has 3 N–H and O–H groups in total. The van der Waals surface area contributed by atoms with Crippen molar-refractivity contribution >= 4 is 33.7 Å². The van der Waals surface area contributed by atoms with Gasteiger partial charge in [-0.2, -0.15) is 31.9 Å². The maximum Gasteiger partial charge on any atom is 0.274 e. The van der Waals surface area contributed by atoms with Gasteiger partial charge in [0.1, 0.15) is 0 Å². The molecule has 1 unspecified atom stereocenters. The fraction of sp³-hybridized carbons (Fsp3) is 1.00. The van der Waals surface area contributed by atoms with Gasteiger partial charge in [-0.1, -0.05) is 0 Å². The van der Waals surface area contributed by atoms with Crippen molar-refractivity contribution in [3.63, 3.8) is 0 Å². The maximum absolute atomic E-state index is 10.5. The van der Waals surface area contributed by atoms with Gasteiger partial charge in [-0.05, 0) is 0 Å². The number of hydrogen-bond acceptors (Lipinski definition) is 4. The predicted molar refractivity (Wildman–Crippen MR) is 54.7 cm³/mol. The van der Waals surface area contributed by atoms with E-state index in [1.807, 2.05) is 11.8 Å². The Labute approximate surface area is 81.2 Å². The molecule has 1 fully saturated rings. The Morgan fingerprint density at radius 3 is 2.75 bits per heavy atom. The van der Waals surface area contributed by atoms with Crippen LogP contribution in [0, 0.1) is 0 Å². The van der Waals surface area contributed by atoms with Crippen molar-refractivity contribution in [3.05, 3.63) is 0 Å². The van der Waals surface area contributed by atoms with E-state index in [-0.39, 0.29) is 0 Å². The minimum absolute atomic E-state index is 0.377. The summed E-state index contributed by atoms with van der Waals surface area (Å²) >= 11 is 3.66. The van der Waals surface area contributed by atoms with Gasteiger partial charge >= 0.3 is 0 Å². The van der Waals surface area contributed by atoms with Gasteiger partial charge in [0, 0.05) is 29.1 Å². The lowest BCUT2D eigenvalue weighted by Gasteiger charge is -2.20. The monoisotopic (exact) mass is 228 g/mol. The molecule has 4 nitrogen and oxygen atoms in total. The van der Waals surface area contributed by atoms with Gasteiger partial charge in [-0.3, -0.25) is 0 Å². The summed E-state index contributed by atoms with van der Waals surface area (Å²) in [6.07, 6.45) is 0. The highest BCUT2D eigenvalue weighted by atomic mass is 32.2. The molecule has 0 bridgehead atoms. The smallest absolute Gasteiger partial charge is 0.216 e. The molecule has 0 aromatic carbocycles. The second-order valence-corrected chi connectivity index (χ2v) is 6.40. The maximum atomic E-state index is 10.5. The SMILES string of the molecule is NS(=O)(=O)NCC1CSCCS1. The molecule has 1 saturated heterocycles. The number of thioether (sulfide) groups is 2.